The van der Waals surface area contributed by atoms with Crippen molar-refractivity contribution in [3.63, 3.8) is 0 Å². The molecule has 0 spiro atoms. The smallest absolute Gasteiger partial charge is 0.309 e. The number of hydrogen-bond acceptors (Lipinski definition) is 8. The first-order valence-electron chi connectivity index (χ1n) is 6.27. The first-order chi connectivity index (χ1) is 10.4. The summed E-state index contributed by atoms with van der Waals surface area (Å²) >= 11 is 0. The van der Waals surface area contributed by atoms with E-state index in [0.717, 1.165) is 0 Å². The fraction of sp³-hybridized carbons (Fsp3) is 0.500. The molecule has 0 saturated heterocycles. The second kappa shape index (κ2) is 8.74. The van der Waals surface area contributed by atoms with Gasteiger partial charge in [0.25, 0.3) is 0 Å². The highest BCUT2D eigenvalue weighted by Gasteiger charge is 2.11. The van der Waals surface area contributed by atoms with Crippen LogP contribution in [0.1, 0.15) is 13.8 Å². The van der Waals surface area contributed by atoms with E-state index in [4.69, 9.17) is 18.9 Å². The zero-order chi connectivity index (χ0) is 16.5. The summed E-state index contributed by atoms with van der Waals surface area (Å²) in [5.41, 5.74) is 0. The molecule has 0 aliphatic carbocycles. The van der Waals surface area contributed by atoms with E-state index in [1.54, 1.807) is 18.2 Å². The highest BCUT2D eigenvalue weighted by Crippen LogP contribution is 2.21. The summed E-state index contributed by atoms with van der Waals surface area (Å²) in [7, 11) is 0. The summed E-state index contributed by atoms with van der Waals surface area (Å²) < 4.78 is 20.3. The minimum absolute atomic E-state index is 0.370. The molecule has 0 saturated carbocycles. The highest BCUT2D eigenvalue weighted by atomic mass is 16.7. The molecule has 0 aromatic heterocycles. The van der Waals surface area contributed by atoms with Gasteiger partial charge in [-0.1, -0.05) is 6.07 Å². The number of hydrogen-bond donors (Lipinski definition) is 0. The molecule has 1 rings (SSSR count). The quantitative estimate of drug-likeness (QED) is 0.362. The van der Waals surface area contributed by atoms with Crippen LogP contribution in [0, 0.1) is 20.2 Å². The van der Waals surface area contributed by atoms with Crippen molar-refractivity contribution in [3.05, 3.63) is 44.5 Å². The Morgan fingerprint density at radius 2 is 1.36 bits per heavy atom. The third-order valence-corrected chi connectivity index (χ3v) is 2.24. The maximum absolute atomic E-state index is 10.2. The summed E-state index contributed by atoms with van der Waals surface area (Å²) in [4.78, 5) is 19.1. The van der Waals surface area contributed by atoms with Crippen molar-refractivity contribution >= 4 is 0 Å². The Hall–Kier alpha value is -2.46. The van der Waals surface area contributed by atoms with Crippen LogP contribution in [-0.4, -0.2) is 35.9 Å². The van der Waals surface area contributed by atoms with Gasteiger partial charge >= 0.3 is 13.5 Å². The lowest BCUT2D eigenvalue weighted by Gasteiger charge is -2.16. The van der Waals surface area contributed by atoms with Gasteiger partial charge in [0.15, 0.2) is 0 Å². The van der Waals surface area contributed by atoms with Gasteiger partial charge in [0.1, 0.15) is 11.5 Å². The van der Waals surface area contributed by atoms with E-state index in [9.17, 15) is 20.2 Å². The van der Waals surface area contributed by atoms with E-state index in [1.807, 2.05) is 0 Å². The molecule has 0 N–H and O–H groups in total. The topological polar surface area (TPSA) is 123 Å². The number of ether oxygens (including phenoxy) is 4. The molecule has 10 heteroatoms. The van der Waals surface area contributed by atoms with Gasteiger partial charge in [-0.3, -0.25) is 29.7 Å². The first kappa shape index (κ1) is 17.6. The van der Waals surface area contributed by atoms with E-state index in [-0.39, 0.29) is 0 Å². The van der Waals surface area contributed by atoms with Crippen LogP contribution in [0.3, 0.4) is 0 Å². The lowest BCUT2D eigenvalue weighted by Crippen LogP contribution is -2.21. The Labute approximate surface area is 125 Å². The average molecular weight is 316 g/mol. The molecular formula is C12H16N2O8. The van der Waals surface area contributed by atoms with Crippen molar-refractivity contribution in [2.45, 2.75) is 26.4 Å². The van der Waals surface area contributed by atoms with Crippen LogP contribution in [0.25, 0.3) is 0 Å². The van der Waals surface area contributed by atoms with Crippen molar-refractivity contribution < 1.29 is 28.8 Å². The monoisotopic (exact) mass is 316 g/mol. The van der Waals surface area contributed by atoms with Crippen LogP contribution in [-0.2, 0) is 9.47 Å². The van der Waals surface area contributed by atoms with Crippen molar-refractivity contribution in [2.75, 3.05) is 13.5 Å². The van der Waals surface area contributed by atoms with Crippen LogP contribution in [0.4, 0.5) is 0 Å². The summed E-state index contributed by atoms with van der Waals surface area (Å²) in [6.07, 6.45) is -1.63. The molecule has 0 amide bonds. The zero-order valence-corrected chi connectivity index (χ0v) is 12.0. The second-order valence-electron chi connectivity index (χ2n) is 4.10. The fourth-order valence-electron chi connectivity index (χ4n) is 1.40. The van der Waals surface area contributed by atoms with Gasteiger partial charge in [0.05, 0.1) is 0 Å². The van der Waals surface area contributed by atoms with E-state index in [1.165, 1.54) is 19.9 Å². The number of benzene rings is 1. The third kappa shape index (κ3) is 7.36. The Balaban J connectivity index is 2.50. The predicted octanol–water partition coefficient (Wildman–Crippen LogP) is 1.64. The number of rotatable bonds is 10. The van der Waals surface area contributed by atoms with E-state index < -0.39 is 35.9 Å². The van der Waals surface area contributed by atoms with Crippen molar-refractivity contribution in [2.24, 2.45) is 0 Å². The summed E-state index contributed by atoms with van der Waals surface area (Å²) in [6.45, 7) is 1.70. The molecule has 122 valence electrons. The minimum Gasteiger partial charge on any atom is -0.465 e. The summed E-state index contributed by atoms with van der Waals surface area (Å²) in [6, 6.07) is 6.37. The van der Waals surface area contributed by atoms with Gasteiger partial charge in [-0.25, -0.2) is 0 Å². The zero-order valence-electron chi connectivity index (χ0n) is 12.0. The Morgan fingerprint density at radius 1 is 0.955 bits per heavy atom. The molecule has 1 aromatic carbocycles. The molecule has 0 radical (unpaired) electrons. The molecule has 0 aliphatic heterocycles. The van der Waals surface area contributed by atoms with Crippen LogP contribution in [0.2, 0.25) is 0 Å². The second-order valence-corrected chi connectivity index (χ2v) is 4.10. The number of nitrogens with zero attached hydrogens (tertiary/aromatic N) is 2. The van der Waals surface area contributed by atoms with Gasteiger partial charge in [0, 0.05) is 15.9 Å². The van der Waals surface area contributed by atoms with Crippen LogP contribution in [0.5, 0.6) is 11.5 Å². The fourth-order valence-corrected chi connectivity index (χ4v) is 1.40. The van der Waals surface area contributed by atoms with Gasteiger partial charge in [-0.15, -0.1) is 0 Å². The lowest BCUT2D eigenvalue weighted by atomic mass is 10.3. The number of nitro groups is 2. The molecule has 2 unspecified atom stereocenters. The molecule has 2 atom stereocenters. The first-order valence-corrected chi connectivity index (χ1v) is 6.27. The van der Waals surface area contributed by atoms with Crippen LogP contribution >= 0.6 is 0 Å². The molecule has 1 aromatic rings. The molecule has 0 heterocycles. The molecule has 0 fully saturated rings. The van der Waals surface area contributed by atoms with E-state index in [2.05, 4.69) is 0 Å². The molecular weight excluding hydrogens is 300 g/mol. The molecule has 22 heavy (non-hydrogen) atoms. The maximum atomic E-state index is 10.2. The van der Waals surface area contributed by atoms with Gasteiger partial charge in [-0.2, -0.15) is 0 Å². The predicted molar refractivity (Wildman–Crippen MR) is 72.5 cm³/mol. The SMILES string of the molecule is CC(OC[N+](=O)[O-])Oc1cccc(OC(C)OC[N+](=O)[O-])c1. The van der Waals surface area contributed by atoms with Crippen LogP contribution in [0.15, 0.2) is 24.3 Å². The Bertz CT molecular complexity index is 468. The van der Waals surface area contributed by atoms with Crippen molar-refractivity contribution in [1.82, 2.24) is 0 Å². The van der Waals surface area contributed by atoms with E-state index in [0.29, 0.717) is 11.5 Å². The largest absolute Gasteiger partial charge is 0.465 e. The Morgan fingerprint density at radius 3 is 1.73 bits per heavy atom. The Kier molecular flexibility index (Phi) is 6.99. The van der Waals surface area contributed by atoms with Gasteiger partial charge < -0.3 is 9.47 Å². The van der Waals surface area contributed by atoms with E-state index >= 15 is 0 Å². The average Bonchev–Trinajstić information content (AvgIpc) is 2.43. The van der Waals surface area contributed by atoms with Crippen molar-refractivity contribution in [1.29, 1.82) is 0 Å². The standard InChI is InChI=1S/C12H16N2O8/c1-9(19-7-13(15)16)21-11-4-3-5-12(6-11)22-10(2)20-8-14(17)18/h3-6,9-10H,7-8H2,1-2H3. The van der Waals surface area contributed by atoms with Crippen LogP contribution < -0.4 is 9.47 Å². The summed E-state index contributed by atoms with van der Waals surface area (Å²) in [5.74, 6) is 0.740. The normalized spacial score (nSPS) is 13.2. The highest BCUT2D eigenvalue weighted by molar-refractivity contribution is 5.33. The minimum atomic E-state index is -0.816. The van der Waals surface area contributed by atoms with Gasteiger partial charge in [0.2, 0.25) is 12.6 Å². The molecule has 10 nitrogen and oxygen atoms in total. The molecule has 0 aliphatic rings. The lowest BCUT2D eigenvalue weighted by molar-refractivity contribution is -0.534. The third-order valence-electron chi connectivity index (χ3n) is 2.24. The maximum Gasteiger partial charge on any atom is 0.309 e. The molecule has 0 bridgehead atoms. The summed E-state index contributed by atoms with van der Waals surface area (Å²) in [5, 5.41) is 20.4. The van der Waals surface area contributed by atoms with Crippen molar-refractivity contribution in [3.8, 4) is 11.5 Å². The van der Waals surface area contributed by atoms with Gasteiger partial charge in [-0.05, 0) is 26.0 Å².